The number of aliphatic hydroxyl groups excluding tert-OH is 1. The Kier molecular flexibility index (Phi) is 2.86. The number of amides is 1. The summed E-state index contributed by atoms with van der Waals surface area (Å²) >= 11 is 0. The van der Waals surface area contributed by atoms with Gasteiger partial charge in [0.05, 0.1) is 24.0 Å². The Morgan fingerprint density at radius 3 is 2.75 bits per heavy atom. The monoisotopic (exact) mass is 217 g/mol. The van der Waals surface area contributed by atoms with E-state index in [2.05, 4.69) is 15.8 Å². The molecule has 16 heavy (non-hydrogen) atoms. The minimum atomic E-state index is -0.309. The first-order valence-electron chi connectivity index (χ1n) is 4.82. The van der Waals surface area contributed by atoms with Crippen molar-refractivity contribution >= 4 is 17.8 Å². The van der Waals surface area contributed by atoms with Gasteiger partial charge in [0, 0.05) is 0 Å². The number of hydrogen-bond acceptors (Lipinski definition) is 4. The number of para-hydroxylation sites is 1. The second-order valence-electron chi connectivity index (χ2n) is 3.28. The lowest BCUT2D eigenvalue weighted by atomic mass is 10.3. The van der Waals surface area contributed by atoms with Crippen LogP contribution in [0.3, 0.4) is 0 Å². The van der Waals surface area contributed by atoms with E-state index in [1.54, 1.807) is 0 Å². The molecule has 82 valence electrons. The minimum absolute atomic E-state index is 0.0172. The van der Waals surface area contributed by atoms with Gasteiger partial charge in [-0.1, -0.05) is 18.2 Å². The van der Waals surface area contributed by atoms with Gasteiger partial charge in [-0.3, -0.25) is 10.2 Å². The number of rotatable bonds is 3. The van der Waals surface area contributed by atoms with Crippen LogP contribution >= 0.6 is 0 Å². The molecule has 1 aliphatic rings. The predicted octanol–water partition coefficient (Wildman–Crippen LogP) is 1.03. The van der Waals surface area contributed by atoms with E-state index in [0.717, 1.165) is 5.69 Å². The van der Waals surface area contributed by atoms with E-state index in [1.807, 2.05) is 30.3 Å². The smallest absolute Gasteiger partial charge is 0.256 e. The van der Waals surface area contributed by atoms with Crippen LogP contribution in [-0.2, 0) is 4.79 Å². The third-order valence-electron chi connectivity index (χ3n) is 2.13. The first-order valence-corrected chi connectivity index (χ1v) is 4.82. The fourth-order valence-electron chi connectivity index (χ4n) is 1.30. The molecule has 0 bridgehead atoms. The topological polar surface area (TPSA) is 73.7 Å². The number of benzene rings is 1. The highest BCUT2D eigenvalue weighted by Gasteiger charge is 2.19. The van der Waals surface area contributed by atoms with Gasteiger partial charge in [0.1, 0.15) is 5.76 Å². The summed E-state index contributed by atoms with van der Waals surface area (Å²) < 4.78 is 0. The van der Waals surface area contributed by atoms with Crippen molar-refractivity contribution in [2.24, 2.45) is 5.10 Å². The van der Waals surface area contributed by atoms with Crippen LogP contribution in [0.5, 0.6) is 0 Å². The van der Waals surface area contributed by atoms with E-state index < -0.39 is 0 Å². The molecule has 0 aromatic heterocycles. The van der Waals surface area contributed by atoms with Crippen LogP contribution in [0.15, 0.2) is 46.8 Å². The molecule has 0 radical (unpaired) electrons. The van der Waals surface area contributed by atoms with Gasteiger partial charge in [0.2, 0.25) is 0 Å². The van der Waals surface area contributed by atoms with E-state index in [-0.39, 0.29) is 23.8 Å². The number of nitrogens with zero attached hydrogens (tertiary/aromatic N) is 1. The lowest BCUT2D eigenvalue weighted by molar-refractivity contribution is -0.116. The van der Waals surface area contributed by atoms with Gasteiger partial charge < -0.3 is 10.4 Å². The van der Waals surface area contributed by atoms with Gasteiger partial charge in [-0.25, -0.2) is 0 Å². The maximum atomic E-state index is 11.2. The molecule has 1 heterocycles. The number of hydrogen-bond donors (Lipinski definition) is 3. The standard InChI is InChI=1S/C11H11N3O2/c15-10-7-12-11(16)9(10)6-13-14-8-4-2-1-3-5-8/h1-6,14-15H,7H2,(H,12,16)/b13-6+. The van der Waals surface area contributed by atoms with Gasteiger partial charge in [-0.15, -0.1) is 0 Å². The van der Waals surface area contributed by atoms with Crippen molar-refractivity contribution in [3.8, 4) is 0 Å². The maximum absolute atomic E-state index is 11.2. The van der Waals surface area contributed by atoms with E-state index in [9.17, 15) is 9.90 Å². The van der Waals surface area contributed by atoms with Crippen LogP contribution in [-0.4, -0.2) is 23.8 Å². The SMILES string of the molecule is O=C1NCC(O)=C1/C=N/Nc1ccccc1. The Labute approximate surface area is 92.5 Å². The molecule has 0 saturated carbocycles. The Bertz CT molecular complexity index is 452. The fourth-order valence-corrected chi connectivity index (χ4v) is 1.30. The zero-order valence-corrected chi connectivity index (χ0v) is 8.47. The number of nitrogens with one attached hydrogen (secondary N) is 2. The summed E-state index contributed by atoms with van der Waals surface area (Å²) in [5.41, 5.74) is 3.77. The van der Waals surface area contributed by atoms with Crippen molar-refractivity contribution in [1.29, 1.82) is 0 Å². The molecule has 5 nitrogen and oxygen atoms in total. The second-order valence-corrected chi connectivity index (χ2v) is 3.28. The average Bonchev–Trinajstić information content (AvgIpc) is 2.62. The highest BCUT2D eigenvalue weighted by molar-refractivity contribution is 6.14. The molecular formula is C11H11N3O2. The van der Waals surface area contributed by atoms with Crippen LogP contribution in [0.2, 0.25) is 0 Å². The number of carbonyl (C=O) groups excluding carboxylic acids is 1. The lowest BCUT2D eigenvalue weighted by Crippen LogP contribution is -2.18. The van der Waals surface area contributed by atoms with Gasteiger partial charge in [-0.05, 0) is 12.1 Å². The van der Waals surface area contributed by atoms with Crippen LogP contribution in [0.1, 0.15) is 0 Å². The quantitative estimate of drug-likeness (QED) is 0.523. The lowest BCUT2D eigenvalue weighted by Gasteiger charge is -1.98. The van der Waals surface area contributed by atoms with Crippen molar-refractivity contribution in [3.05, 3.63) is 41.7 Å². The third kappa shape index (κ3) is 2.20. The summed E-state index contributed by atoms with van der Waals surface area (Å²) in [6, 6.07) is 9.34. The molecule has 1 amide bonds. The van der Waals surface area contributed by atoms with Crippen LogP contribution < -0.4 is 10.7 Å². The first kappa shape index (κ1) is 10.2. The van der Waals surface area contributed by atoms with Crippen LogP contribution in [0, 0.1) is 0 Å². The molecule has 0 saturated heterocycles. The maximum Gasteiger partial charge on any atom is 0.256 e. The number of anilines is 1. The first-order chi connectivity index (χ1) is 7.77. The zero-order chi connectivity index (χ0) is 11.4. The summed E-state index contributed by atoms with van der Waals surface area (Å²) in [6.45, 7) is 0.172. The molecule has 0 atom stereocenters. The summed E-state index contributed by atoms with van der Waals surface area (Å²) in [7, 11) is 0. The van der Waals surface area contributed by atoms with Gasteiger partial charge >= 0.3 is 0 Å². The highest BCUT2D eigenvalue weighted by atomic mass is 16.3. The molecule has 5 heteroatoms. The molecule has 1 aromatic carbocycles. The van der Waals surface area contributed by atoms with Crippen LogP contribution in [0.4, 0.5) is 5.69 Å². The highest BCUT2D eigenvalue weighted by Crippen LogP contribution is 2.07. The number of carbonyl (C=O) groups is 1. The van der Waals surface area contributed by atoms with E-state index in [0.29, 0.717) is 0 Å². The third-order valence-corrected chi connectivity index (χ3v) is 2.13. The predicted molar refractivity (Wildman–Crippen MR) is 61.2 cm³/mol. The van der Waals surface area contributed by atoms with Gasteiger partial charge in [0.25, 0.3) is 5.91 Å². The summed E-state index contributed by atoms with van der Waals surface area (Å²) in [6.07, 6.45) is 1.31. The zero-order valence-electron chi connectivity index (χ0n) is 8.47. The van der Waals surface area contributed by atoms with Crippen molar-refractivity contribution in [2.45, 2.75) is 0 Å². The van der Waals surface area contributed by atoms with Crippen molar-refractivity contribution in [3.63, 3.8) is 0 Å². The molecule has 0 aliphatic carbocycles. The Hall–Kier alpha value is -2.30. The molecule has 0 fully saturated rings. The minimum Gasteiger partial charge on any atom is -0.510 e. The summed E-state index contributed by atoms with van der Waals surface area (Å²) in [5, 5.41) is 15.7. The van der Waals surface area contributed by atoms with Crippen molar-refractivity contribution < 1.29 is 9.90 Å². The van der Waals surface area contributed by atoms with E-state index in [1.165, 1.54) is 6.21 Å². The Morgan fingerprint density at radius 2 is 2.12 bits per heavy atom. The summed E-state index contributed by atoms with van der Waals surface area (Å²) in [5.74, 6) is -0.292. The normalized spacial score (nSPS) is 15.6. The van der Waals surface area contributed by atoms with Crippen LogP contribution in [0.25, 0.3) is 0 Å². The van der Waals surface area contributed by atoms with E-state index >= 15 is 0 Å². The van der Waals surface area contributed by atoms with Gasteiger partial charge in [0.15, 0.2) is 0 Å². The molecule has 1 aliphatic heterocycles. The molecule has 0 unspecified atom stereocenters. The van der Waals surface area contributed by atoms with Crippen molar-refractivity contribution in [2.75, 3.05) is 12.0 Å². The number of hydrazone groups is 1. The number of aliphatic hydroxyl groups is 1. The fraction of sp³-hybridized carbons (Fsp3) is 0.0909. The molecule has 3 N–H and O–H groups in total. The molecule has 1 aromatic rings. The average molecular weight is 217 g/mol. The molecule has 0 spiro atoms. The second kappa shape index (κ2) is 4.48. The summed E-state index contributed by atoms with van der Waals surface area (Å²) in [4.78, 5) is 11.2. The van der Waals surface area contributed by atoms with Gasteiger partial charge in [-0.2, -0.15) is 5.10 Å². The van der Waals surface area contributed by atoms with Crippen molar-refractivity contribution in [1.82, 2.24) is 5.32 Å². The van der Waals surface area contributed by atoms with E-state index in [4.69, 9.17) is 0 Å². The Morgan fingerprint density at radius 1 is 1.38 bits per heavy atom. The molecular weight excluding hydrogens is 206 g/mol. The molecule has 2 rings (SSSR count). The largest absolute Gasteiger partial charge is 0.510 e. The Balaban J connectivity index is 2.01.